The Bertz CT molecular complexity index is 996. The lowest BCUT2D eigenvalue weighted by Gasteiger charge is -2.04. The van der Waals surface area contributed by atoms with Crippen LogP contribution in [0.5, 0.6) is 0 Å². The van der Waals surface area contributed by atoms with Gasteiger partial charge in [0.15, 0.2) is 10.4 Å². The van der Waals surface area contributed by atoms with Gasteiger partial charge in [0.1, 0.15) is 0 Å². The molecule has 1 aromatic carbocycles. The number of hydrogen-bond acceptors (Lipinski definition) is 3. The van der Waals surface area contributed by atoms with Gasteiger partial charge in [0.25, 0.3) is 0 Å². The largest absolute Gasteiger partial charge is 0.329 e. The van der Waals surface area contributed by atoms with Gasteiger partial charge in [-0.05, 0) is 53.3 Å². The summed E-state index contributed by atoms with van der Waals surface area (Å²) in [5.41, 5.74) is 2.63. The molecule has 0 aliphatic rings. The van der Waals surface area contributed by atoms with Gasteiger partial charge < -0.3 is 4.98 Å². The number of benzene rings is 1. The Morgan fingerprint density at radius 3 is 3.05 bits per heavy atom. The molecule has 3 heterocycles. The summed E-state index contributed by atoms with van der Waals surface area (Å²) < 4.78 is 3.80. The second-order valence-electron chi connectivity index (χ2n) is 4.43. The van der Waals surface area contributed by atoms with Crippen molar-refractivity contribution in [3.8, 4) is 5.69 Å². The van der Waals surface area contributed by atoms with Crippen molar-refractivity contribution >= 4 is 56.4 Å². The van der Waals surface area contributed by atoms with Crippen molar-refractivity contribution in [2.75, 3.05) is 0 Å². The van der Waals surface area contributed by atoms with Gasteiger partial charge in [-0.15, -0.1) is 11.3 Å². The lowest BCUT2D eigenvalue weighted by molar-refractivity contribution is 1.05. The van der Waals surface area contributed by atoms with Crippen LogP contribution in [0.15, 0.2) is 41.9 Å². The van der Waals surface area contributed by atoms with Crippen LogP contribution in [0.25, 0.3) is 26.9 Å². The first kappa shape index (κ1) is 12.1. The van der Waals surface area contributed by atoms with Crippen molar-refractivity contribution < 1.29 is 0 Å². The average molecular weight is 318 g/mol. The number of fused-ring (bicyclic) bond motifs is 2. The molecule has 0 saturated carbocycles. The van der Waals surface area contributed by atoms with Crippen molar-refractivity contribution in [3.63, 3.8) is 0 Å². The Morgan fingerprint density at radius 1 is 1.25 bits per heavy atom. The number of thiophene rings is 1. The molecular weight excluding hydrogens is 310 g/mol. The lowest BCUT2D eigenvalue weighted by Crippen LogP contribution is -1.95. The third-order valence-corrected chi connectivity index (χ3v) is 4.57. The minimum absolute atomic E-state index is 0.592. The van der Waals surface area contributed by atoms with Gasteiger partial charge in [-0.1, -0.05) is 11.6 Å². The number of nitrogens with one attached hydrogen (secondary N) is 1. The Morgan fingerprint density at radius 2 is 2.15 bits per heavy atom. The summed E-state index contributed by atoms with van der Waals surface area (Å²) in [4.78, 5) is 7.52. The molecule has 0 aliphatic heterocycles. The zero-order valence-corrected chi connectivity index (χ0v) is 12.5. The summed E-state index contributed by atoms with van der Waals surface area (Å²) >= 11 is 13.1. The van der Waals surface area contributed by atoms with E-state index >= 15 is 0 Å². The van der Waals surface area contributed by atoms with E-state index in [-0.39, 0.29) is 0 Å². The third-order valence-electron chi connectivity index (χ3n) is 3.18. The minimum atomic E-state index is 0.592. The molecule has 0 saturated heterocycles. The molecule has 3 nitrogen and oxygen atoms in total. The third kappa shape index (κ3) is 1.78. The smallest absolute Gasteiger partial charge is 0.183 e. The molecular formula is C14H8ClN3S2. The monoisotopic (exact) mass is 317 g/mol. The van der Waals surface area contributed by atoms with E-state index < -0.39 is 0 Å². The summed E-state index contributed by atoms with van der Waals surface area (Å²) in [5.74, 6) is 0. The van der Waals surface area contributed by atoms with E-state index in [1.54, 1.807) is 17.5 Å². The first-order valence-corrected chi connectivity index (χ1v) is 7.63. The van der Waals surface area contributed by atoms with E-state index in [0.717, 1.165) is 16.9 Å². The van der Waals surface area contributed by atoms with E-state index in [4.69, 9.17) is 23.8 Å². The SMILES string of the molecule is S=c1[nH]c2cc(Cl)cnc2n1-c1ccc2sccc2c1. The zero-order chi connectivity index (χ0) is 13.7. The van der Waals surface area contributed by atoms with Crippen LogP contribution in [0, 0.1) is 4.77 Å². The molecule has 0 unspecified atom stereocenters. The van der Waals surface area contributed by atoms with Crippen LogP contribution in [0.4, 0.5) is 0 Å². The van der Waals surface area contributed by atoms with Crippen LogP contribution in [-0.4, -0.2) is 14.5 Å². The predicted octanol–water partition coefficient (Wildman–Crippen LogP) is 4.95. The maximum atomic E-state index is 5.97. The molecule has 0 spiro atoms. The number of halogens is 1. The molecule has 0 atom stereocenters. The molecule has 20 heavy (non-hydrogen) atoms. The van der Waals surface area contributed by atoms with Gasteiger partial charge >= 0.3 is 0 Å². The number of aromatic amines is 1. The summed E-state index contributed by atoms with van der Waals surface area (Å²) in [7, 11) is 0. The van der Waals surface area contributed by atoms with E-state index in [9.17, 15) is 0 Å². The second-order valence-corrected chi connectivity index (χ2v) is 6.20. The van der Waals surface area contributed by atoms with Gasteiger partial charge in [-0.25, -0.2) is 4.98 Å². The molecule has 0 fully saturated rings. The standard InChI is InChI=1S/C14H8ClN3S2/c15-9-6-11-13(16-7-9)18(14(19)17-11)10-1-2-12-8(5-10)3-4-20-12/h1-7H,(H,17,19). The van der Waals surface area contributed by atoms with Crippen molar-refractivity contribution in [1.29, 1.82) is 0 Å². The normalized spacial score (nSPS) is 11.4. The Hall–Kier alpha value is -1.69. The van der Waals surface area contributed by atoms with Gasteiger partial charge in [0.05, 0.1) is 16.2 Å². The summed E-state index contributed by atoms with van der Waals surface area (Å²) in [6, 6.07) is 10.2. The highest BCUT2D eigenvalue weighted by Gasteiger charge is 2.09. The fourth-order valence-corrected chi connectivity index (χ4v) is 3.53. The molecule has 0 amide bonds. The van der Waals surface area contributed by atoms with Crippen molar-refractivity contribution in [1.82, 2.24) is 14.5 Å². The van der Waals surface area contributed by atoms with Crippen LogP contribution in [-0.2, 0) is 0 Å². The van der Waals surface area contributed by atoms with Crippen LogP contribution in [0.1, 0.15) is 0 Å². The lowest BCUT2D eigenvalue weighted by atomic mass is 10.2. The molecule has 4 rings (SSSR count). The van der Waals surface area contributed by atoms with E-state index in [2.05, 4.69) is 39.6 Å². The van der Waals surface area contributed by atoms with Gasteiger partial charge in [0.2, 0.25) is 0 Å². The first-order chi connectivity index (χ1) is 9.72. The summed E-state index contributed by atoms with van der Waals surface area (Å²) in [6.07, 6.45) is 1.63. The maximum Gasteiger partial charge on any atom is 0.183 e. The number of aromatic nitrogens is 3. The highest BCUT2D eigenvalue weighted by Crippen LogP contribution is 2.26. The Kier molecular flexibility index (Phi) is 2.66. The van der Waals surface area contributed by atoms with Gasteiger partial charge in [-0.3, -0.25) is 4.57 Å². The summed E-state index contributed by atoms with van der Waals surface area (Å²) in [5, 5.41) is 3.88. The highest BCUT2D eigenvalue weighted by molar-refractivity contribution is 7.71. The maximum absolute atomic E-state index is 5.97. The topological polar surface area (TPSA) is 33.6 Å². The van der Waals surface area contributed by atoms with Crippen molar-refractivity contribution in [2.24, 2.45) is 0 Å². The number of nitrogens with zero attached hydrogens (tertiary/aromatic N) is 2. The molecule has 3 aromatic heterocycles. The van der Waals surface area contributed by atoms with E-state index in [1.165, 1.54) is 10.1 Å². The summed E-state index contributed by atoms with van der Waals surface area (Å²) in [6.45, 7) is 0. The van der Waals surface area contributed by atoms with Gasteiger partial charge in [-0.2, -0.15) is 0 Å². The predicted molar refractivity (Wildman–Crippen MR) is 86.6 cm³/mol. The minimum Gasteiger partial charge on any atom is -0.329 e. The number of rotatable bonds is 1. The fraction of sp³-hybridized carbons (Fsp3) is 0. The quantitative estimate of drug-likeness (QED) is 0.504. The number of hydrogen-bond donors (Lipinski definition) is 1. The number of imidazole rings is 1. The van der Waals surface area contributed by atoms with Gasteiger partial charge in [0, 0.05) is 10.9 Å². The molecule has 98 valence electrons. The zero-order valence-electron chi connectivity index (χ0n) is 10.1. The number of pyridine rings is 1. The van der Waals surface area contributed by atoms with Crippen molar-refractivity contribution in [3.05, 3.63) is 51.7 Å². The molecule has 6 heteroatoms. The fourth-order valence-electron chi connectivity index (χ4n) is 2.30. The molecule has 0 aliphatic carbocycles. The molecule has 0 radical (unpaired) electrons. The number of H-pyrrole nitrogens is 1. The average Bonchev–Trinajstić information content (AvgIpc) is 3.00. The van der Waals surface area contributed by atoms with E-state index in [1.807, 2.05) is 10.6 Å². The molecule has 1 N–H and O–H groups in total. The van der Waals surface area contributed by atoms with Crippen LogP contribution < -0.4 is 0 Å². The Balaban J connectivity index is 2.05. The van der Waals surface area contributed by atoms with Crippen LogP contribution in [0.3, 0.4) is 0 Å². The molecule has 0 bridgehead atoms. The van der Waals surface area contributed by atoms with E-state index in [0.29, 0.717) is 9.79 Å². The van der Waals surface area contributed by atoms with Crippen LogP contribution in [0.2, 0.25) is 5.02 Å². The highest BCUT2D eigenvalue weighted by atomic mass is 35.5. The Labute approximate surface area is 128 Å². The first-order valence-electron chi connectivity index (χ1n) is 5.96. The van der Waals surface area contributed by atoms with Crippen LogP contribution >= 0.6 is 35.2 Å². The van der Waals surface area contributed by atoms with Crippen molar-refractivity contribution in [2.45, 2.75) is 0 Å². The molecule has 4 aromatic rings. The second kappa shape index (κ2) is 4.41.